The number of hydrogen-bond acceptors (Lipinski definition) is 4. The van der Waals surface area contributed by atoms with Crippen molar-refractivity contribution in [3.8, 4) is 5.75 Å². The first-order chi connectivity index (χ1) is 11.3. The van der Waals surface area contributed by atoms with Crippen LogP contribution in [-0.2, 0) is 9.53 Å². The fraction of sp³-hybridized carbons (Fsp3) is 0.562. The van der Waals surface area contributed by atoms with Crippen LogP contribution in [0.25, 0.3) is 0 Å². The number of alkyl halides is 3. The maximum absolute atomic E-state index is 12.2. The van der Waals surface area contributed by atoms with Gasteiger partial charge < -0.3 is 20.5 Å². The predicted molar refractivity (Wildman–Crippen MR) is 88.4 cm³/mol. The van der Waals surface area contributed by atoms with Gasteiger partial charge in [0.1, 0.15) is 5.75 Å². The van der Waals surface area contributed by atoms with Crippen molar-refractivity contribution >= 4 is 18.3 Å². The zero-order chi connectivity index (χ0) is 17.7. The number of carbonyl (C=O) groups is 1. The summed E-state index contributed by atoms with van der Waals surface area (Å²) in [7, 11) is 0. The molecule has 3 N–H and O–H groups in total. The highest BCUT2D eigenvalue weighted by molar-refractivity contribution is 5.85. The van der Waals surface area contributed by atoms with Crippen LogP contribution in [0, 0.1) is 5.92 Å². The summed E-state index contributed by atoms with van der Waals surface area (Å²) in [6, 6.07) is 4.39. The summed E-state index contributed by atoms with van der Waals surface area (Å²) in [6.45, 7) is 2.94. The minimum atomic E-state index is -4.72. The van der Waals surface area contributed by atoms with Crippen LogP contribution in [0.2, 0.25) is 0 Å². The van der Waals surface area contributed by atoms with Crippen LogP contribution in [0.3, 0.4) is 0 Å². The Morgan fingerprint density at radius 3 is 2.36 bits per heavy atom. The molecule has 1 heterocycles. The van der Waals surface area contributed by atoms with Crippen molar-refractivity contribution in [3.63, 3.8) is 0 Å². The highest BCUT2D eigenvalue weighted by Crippen LogP contribution is 2.24. The van der Waals surface area contributed by atoms with Gasteiger partial charge in [-0.3, -0.25) is 4.79 Å². The monoisotopic (exact) mass is 382 g/mol. The third-order valence-corrected chi connectivity index (χ3v) is 4.05. The summed E-state index contributed by atoms with van der Waals surface area (Å²) < 4.78 is 45.5. The lowest BCUT2D eigenvalue weighted by molar-refractivity contribution is -0.274. The summed E-state index contributed by atoms with van der Waals surface area (Å²) in [5, 5.41) is 2.79. The molecule has 9 heteroatoms. The molecule has 1 saturated heterocycles. The molecule has 1 aromatic carbocycles. The zero-order valence-electron chi connectivity index (χ0n) is 13.7. The topological polar surface area (TPSA) is 73.6 Å². The van der Waals surface area contributed by atoms with Crippen molar-refractivity contribution in [3.05, 3.63) is 29.8 Å². The van der Waals surface area contributed by atoms with E-state index in [1.165, 1.54) is 24.3 Å². The smallest absolute Gasteiger partial charge is 0.406 e. The Labute approximate surface area is 150 Å². The minimum absolute atomic E-state index is 0. The van der Waals surface area contributed by atoms with E-state index in [4.69, 9.17) is 10.5 Å². The van der Waals surface area contributed by atoms with Gasteiger partial charge in [0.2, 0.25) is 5.91 Å². The Bertz CT molecular complexity index is 549. The molecular formula is C16H22ClF3N2O3. The van der Waals surface area contributed by atoms with Gasteiger partial charge in [-0.25, -0.2) is 0 Å². The van der Waals surface area contributed by atoms with Gasteiger partial charge in [0.05, 0.1) is 12.1 Å². The highest BCUT2D eigenvalue weighted by Gasteiger charge is 2.31. The van der Waals surface area contributed by atoms with Crippen molar-refractivity contribution in [2.45, 2.75) is 38.2 Å². The van der Waals surface area contributed by atoms with Crippen LogP contribution in [0.4, 0.5) is 13.2 Å². The maximum Gasteiger partial charge on any atom is 0.573 e. The number of rotatable bonds is 5. The number of halogens is 4. The summed E-state index contributed by atoms with van der Waals surface area (Å²) in [5.41, 5.74) is 6.66. The Kier molecular flexibility index (Phi) is 7.98. The first-order valence-corrected chi connectivity index (χ1v) is 7.75. The maximum atomic E-state index is 12.2. The van der Waals surface area contributed by atoms with Gasteiger partial charge in [-0.05, 0) is 43.4 Å². The molecule has 0 bridgehead atoms. The highest BCUT2D eigenvalue weighted by atomic mass is 35.5. The average molecular weight is 383 g/mol. The van der Waals surface area contributed by atoms with Crippen molar-refractivity contribution in [1.82, 2.24) is 5.32 Å². The van der Waals surface area contributed by atoms with Crippen LogP contribution < -0.4 is 15.8 Å². The van der Waals surface area contributed by atoms with E-state index in [0.29, 0.717) is 18.8 Å². The van der Waals surface area contributed by atoms with Crippen LogP contribution in [0.15, 0.2) is 24.3 Å². The van der Waals surface area contributed by atoms with Crippen molar-refractivity contribution in [2.24, 2.45) is 11.7 Å². The van der Waals surface area contributed by atoms with E-state index >= 15 is 0 Å². The third-order valence-electron chi connectivity index (χ3n) is 4.05. The summed E-state index contributed by atoms with van der Waals surface area (Å²) >= 11 is 0. The summed E-state index contributed by atoms with van der Waals surface area (Å²) in [4.78, 5) is 12.2. The number of benzene rings is 1. The molecule has 1 aromatic rings. The lowest BCUT2D eigenvalue weighted by Crippen LogP contribution is -2.47. The molecule has 2 unspecified atom stereocenters. The van der Waals surface area contributed by atoms with Crippen molar-refractivity contribution in [2.75, 3.05) is 13.2 Å². The standard InChI is InChI=1S/C16H21F3N2O3.ClH/c1-10(11-2-4-13(5-3-11)24-16(17,18)19)21-15(22)14(20)12-6-8-23-9-7-12;/h2-5,10,12,14H,6-9,20H2,1H3,(H,21,22);1H. The Morgan fingerprint density at radius 2 is 1.84 bits per heavy atom. The molecule has 0 saturated carbocycles. The van der Waals surface area contributed by atoms with Gasteiger partial charge in [-0.2, -0.15) is 0 Å². The fourth-order valence-corrected chi connectivity index (χ4v) is 2.64. The molecule has 0 aromatic heterocycles. The largest absolute Gasteiger partial charge is 0.573 e. The average Bonchev–Trinajstić information content (AvgIpc) is 2.54. The number of amides is 1. The van der Waals surface area contributed by atoms with Crippen LogP contribution in [-0.4, -0.2) is 31.5 Å². The second-order valence-corrected chi connectivity index (χ2v) is 5.82. The number of hydrogen-bond donors (Lipinski definition) is 2. The molecule has 5 nitrogen and oxygen atoms in total. The third kappa shape index (κ3) is 6.72. The lowest BCUT2D eigenvalue weighted by atomic mass is 9.91. The number of nitrogens with two attached hydrogens (primary N) is 1. The van der Waals surface area contributed by atoms with E-state index < -0.39 is 12.4 Å². The Morgan fingerprint density at radius 1 is 1.28 bits per heavy atom. The molecule has 142 valence electrons. The second-order valence-electron chi connectivity index (χ2n) is 5.82. The predicted octanol–water partition coefficient (Wildman–Crippen LogP) is 2.94. The Hall–Kier alpha value is -1.51. The van der Waals surface area contributed by atoms with E-state index in [2.05, 4.69) is 10.1 Å². The molecule has 1 amide bonds. The lowest BCUT2D eigenvalue weighted by Gasteiger charge is -2.28. The molecule has 1 fully saturated rings. The quantitative estimate of drug-likeness (QED) is 0.821. The van der Waals surface area contributed by atoms with Gasteiger partial charge >= 0.3 is 6.36 Å². The first-order valence-electron chi connectivity index (χ1n) is 7.75. The SMILES string of the molecule is CC(NC(=O)C(N)C1CCOCC1)c1ccc(OC(F)(F)F)cc1.Cl. The van der Waals surface area contributed by atoms with Crippen molar-refractivity contribution < 1.29 is 27.4 Å². The molecular weight excluding hydrogens is 361 g/mol. The van der Waals surface area contributed by atoms with Crippen LogP contribution in [0.5, 0.6) is 5.75 Å². The molecule has 0 radical (unpaired) electrons. The molecule has 2 rings (SSSR count). The van der Waals surface area contributed by atoms with Crippen LogP contribution >= 0.6 is 12.4 Å². The number of nitrogens with one attached hydrogen (secondary N) is 1. The Balaban J connectivity index is 0.00000312. The van der Waals surface area contributed by atoms with E-state index in [-0.39, 0.29) is 36.0 Å². The van der Waals surface area contributed by atoms with E-state index in [9.17, 15) is 18.0 Å². The summed E-state index contributed by atoms with van der Waals surface area (Å²) in [6.07, 6.45) is -3.24. The molecule has 25 heavy (non-hydrogen) atoms. The van der Waals surface area contributed by atoms with Crippen LogP contribution in [0.1, 0.15) is 31.4 Å². The van der Waals surface area contributed by atoms with Crippen molar-refractivity contribution in [1.29, 1.82) is 0 Å². The van der Waals surface area contributed by atoms with Gasteiger partial charge in [0, 0.05) is 13.2 Å². The van der Waals surface area contributed by atoms with E-state index in [0.717, 1.165) is 12.8 Å². The molecule has 2 atom stereocenters. The normalized spacial score (nSPS) is 18.0. The first kappa shape index (κ1) is 21.5. The molecule has 0 aliphatic carbocycles. The van der Waals surface area contributed by atoms with E-state index in [1.54, 1.807) is 6.92 Å². The second kappa shape index (κ2) is 9.26. The summed E-state index contributed by atoms with van der Waals surface area (Å²) in [5.74, 6) is -0.498. The molecule has 1 aliphatic rings. The molecule has 0 spiro atoms. The molecule has 1 aliphatic heterocycles. The van der Waals surface area contributed by atoms with E-state index in [1.807, 2.05) is 0 Å². The van der Waals surface area contributed by atoms with Gasteiger partial charge in [0.25, 0.3) is 0 Å². The van der Waals surface area contributed by atoms with Gasteiger partial charge in [0.15, 0.2) is 0 Å². The van der Waals surface area contributed by atoms with Gasteiger partial charge in [-0.15, -0.1) is 25.6 Å². The zero-order valence-corrected chi connectivity index (χ0v) is 14.5. The number of carbonyl (C=O) groups excluding carboxylic acids is 1. The fourth-order valence-electron chi connectivity index (χ4n) is 2.64. The number of ether oxygens (including phenoxy) is 2. The van der Waals surface area contributed by atoms with Gasteiger partial charge in [-0.1, -0.05) is 12.1 Å². The minimum Gasteiger partial charge on any atom is -0.406 e.